The number of piperazine rings is 1. The summed E-state index contributed by atoms with van der Waals surface area (Å²) in [5.74, 6) is -0.0861. The van der Waals surface area contributed by atoms with Crippen molar-refractivity contribution < 1.29 is 13.2 Å². The third-order valence-corrected chi connectivity index (χ3v) is 7.24. The topological polar surface area (TPSA) is 92.6 Å². The molecule has 9 heteroatoms. The smallest absolute Gasteiger partial charge is 0.293 e. The highest BCUT2D eigenvalue weighted by molar-refractivity contribution is 7.90. The van der Waals surface area contributed by atoms with Gasteiger partial charge in [0, 0.05) is 51.2 Å². The van der Waals surface area contributed by atoms with Crippen molar-refractivity contribution in [3.05, 3.63) is 88.5 Å². The van der Waals surface area contributed by atoms with Gasteiger partial charge in [0.1, 0.15) is 0 Å². The monoisotopic (exact) mass is 452 g/mol. The van der Waals surface area contributed by atoms with Gasteiger partial charge < -0.3 is 14.4 Å². The van der Waals surface area contributed by atoms with Crippen LogP contribution in [0.5, 0.6) is 0 Å². The Morgan fingerprint density at radius 2 is 1.62 bits per heavy atom. The Morgan fingerprint density at radius 3 is 2.34 bits per heavy atom. The van der Waals surface area contributed by atoms with Crippen molar-refractivity contribution >= 4 is 21.6 Å². The summed E-state index contributed by atoms with van der Waals surface area (Å²) in [4.78, 5) is 33.6. The molecule has 1 saturated heterocycles. The second-order valence-corrected chi connectivity index (χ2v) is 9.67. The van der Waals surface area contributed by atoms with E-state index in [9.17, 15) is 18.0 Å². The molecular weight excluding hydrogens is 428 g/mol. The number of sulfone groups is 1. The normalized spacial score (nSPS) is 14.4. The highest BCUT2D eigenvalue weighted by Crippen LogP contribution is 2.21. The van der Waals surface area contributed by atoms with Crippen LogP contribution < -0.4 is 10.5 Å². The summed E-state index contributed by atoms with van der Waals surface area (Å²) in [6.45, 7) is 1.78. The zero-order valence-corrected chi connectivity index (χ0v) is 18.5. The molecule has 0 N–H and O–H groups in total. The maximum absolute atomic E-state index is 13.2. The van der Waals surface area contributed by atoms with Crippen molar-refractivity contribution in [2.75, 3.05) is 31.1 Å². The van der Waals surface area contributed by atoms with Gasteiger partial charge in [-0.1, -0.05) is 36.4 Å². The minimum atomic E-state index is -3.58. The van der Waals surface area contributed by atoms with Gasteiger partial charge in [-0.3, -0.25) is 9.59 Å². The molecule has 2 aromatic carbocycles. The number of aryl methyl sites for hydroxylation is 1. The predicted octanol–water partition coefficient (Wildman–Crippen LogP) is 1.72. The first-order valence-corrected chi connectivity index (χ1v) is 11.9. The number of hydrogen-bond acceptors (Lipinski definition) is 6. The first-order chi connectivity index (χ1) is 15.4. The summed E-state index contributed by atoms with van der Waals surface area (Å²) in [5.41, 5.74) is 0.681. The number of aromatic nitrogens is 2. The third kappa shape index (κ3) is 4.43. The van der Waals surface area contributed by atoms with Gasteiger partial charge in [0.15, 0.2) is 15.7 Å². The number of carbonyl (C=O) groups is 1. The van der Waals surface area contributed by atoms with Crippen LogP contribution in [0.3, 0.4) is 0 Å². The number of amides is 1. The van der Waals surface area contributed by atoms with E-state index in [4.69, 9.17) is 0 Å². The zero-order chi connectivity index (χ0) is 22.7. The highest BCUT2D eigenvalue weighted by atomic mass is 32.2. The Hall–Kier alpha value is -3.46. The molecule has 1 aliphatic heterocycles. The standard InChI is InChI=1S/C23H24N4O4S/c1-25-12-11-24-21(23(25)29)26-13-15-27(16-14-26)22(28)20-10-6-5-7-18(20)17-32(30,31)19-8-3-2-4-9-19/h2-12H,13-17H2,1H3. The zero-order valence-electron chi connectivity index (χ0n) is 17.7. The highest BCUT2D eigenvalue weighted by Gasteiger charge is 2.27. The van der Waals surface area contributed by atoms with Crippen LogP contribution in [-0.4, -0.2) is 55.0 Å². The molecule has 0 saturated carbocycles. The average Bonchev–Trinajstić information content (AvgIpc) is 2.81. The van der Waals surface area contributed by atoms with Crippen LogP contribution in [0.4, 0.5) is 5.82 Å². The minimum Gasteiger partial charge on any atom is -0.348 e. The van der Waals surface area contributed by atoms with Crippen LogP contribution in [-0.2, 0) is 22.6 Å². The SMILES string of the molecule is Cn1ccnc(N2CCN(C(=O)c3ccccc3CS(=O)(=O)c3ccccc3)CC2)c1=O. The molecule has 2 heterocycles. The van der Waals surface area contributed by atoms with Crippen molar-refractivity contribution in [3.63, 3.8) is 0 Å². The minimum absolute atomic E-state index is 0.177. The first kappa shape index (κ1) is 21.8. The van der Waals surface area contributed by atoms with Gasteiger partial charge in [-0.25, -0.2) is 13.4 Å². The fourth-order valence-electron chi connectivity index (χ4n) is 3.76. The summed E-state index contributed by atoms with van der Waals surface area (Å²) in [7, 11) is -1.90. The van der Waals surface area contributed by atoms with Gasteiger partial charge in [-0.15, -0.1) is 0 Å². The van der Waals surface area contributed by atoms with Crippen molar-refractivity contribution in [1.29, 1.82) is 0 Å². The molecule has 0 radical (unpaired) electrons. The fraction of sp³-hybridized carbons (Fsp3) is 0.261. The molecule has 32 heavy (non-hydrogen) atoms. The summed E-state index contributed by atoms with van der Waals surface area (Å²) in [5, 5.41) is 0. The van der Waals surface area contributed by atoms with Crippen LogP contribution in [0.15, 0.2) is 76.7 Å². The lowest BCUT2D eigenvalue weighted by atomic mass is 10.1. The molecule has 0 bridgehead atoms. The van der Waals surface area contributed by atoms with E-state index in [1.165, 1.54) is 4.57 Å². The van der Waals surface area contributed by atoms with Crippen molar-refractivity contribution in [3.8, 4) is 0 Å². The molecule has 3 aromatic rings. The van der Waals surface area contributed by atoms with Gasteiger partial charge in [0.05, 0.1) is 10.6 Å². The lowest BCUT2D eigenvalue weighted by Gasteiger charge is -2.35. The number of rotatable bonds is 5. The summed E-state index contributed by atoms with van der Waals surface area (Å²) in [6.07, 6.45) is 3.18. The van der Waals surface area contributed by atoms with E-state index < -0.39 is 9.84 Å². The summed E-state index contributed by atoms with van der Waals surface area (Å²) in [6, 6.07) is 15.1. The van der Waals surface area contributed by atoms with E-state index in [1.54, 1.807) is 78.9 Å². The average molecular weight is 453 g/mol. The number of anilines is 1. The summed E-state index contributed by atoms with van der Waals surface area (Å²) >= 11 is 0. The molecule has 8 nitrogen and oxygen atoms in total. The van der Waals surface area contributed by atoms with Gasteiger partial charge in [-0.2, -0.15) is 0 Å². The maximum Gasteiger partial charge on any atom is 0.293 e. The maximum atomic E-state index is 13.2. The Bertz CT molecular complexity index is 1280. The van der Waals surface area contributed by atoms with E-state index in [-0.39, 0.29) is 22.1 Å². The van der Waals surface area contributed by atoms with E-state index in [2.05, 4.69) is 4.98 Å². The van der Waals surface area contributed by atoms with Gasteiger partial charge in [-0.05, 0) is 23.8 Å². The van der Waals surface area contributed by atoms with E-state index in [0.29, 0.717) is 43.1 Å². The number of carbonyl (C=O) groups excluding carboxylic acids is 1. The predicted molar refractivity (Wildman–Crippen MR) is 121 cm³/mol. The van der Waals surface area contributed by atoms with Crippen molar-refractivity contribution in [2.24, 2.45) is 7.05 Å². The van der Waals surface area contributed by atoms with E-state index in [0.717, 1.165) is 0 Å². The molecule has 1 fully saturated rings. The largest absolute Gasteiger partial charge is 0.348 e. The Morgan fingerprint density at radius 1 is 0.969 bits per heavy atom. The van der Waals surface area contributed by atoms with Crippen LogP contribution in [0, 0.1) is 0 Å². The Balaban J connectivity index is 1.50. The third-order valence-electron chi connectivity index (χ3n) is 5.56. The lowest BCUT2D eigenvalue weighted by molar-refractivity contribution is 0.0745. The molecule has 1 aromatic heterocycles. The van der Waals surface area contributed by atoms with E-state index >= 15 is 0 Å². The first-order valence-electron chi connectivity index (χ1n) is 10.3. The van der Waals surface area contributed by atoms with E-state index in [1.807, 2.05) is 4.90 Å². The lowest BCUT2D eigenvalue weighted by Crippen LogP contribution is -2.50. The Kier molecular flexibility index (Phi) is 6.09. The molecule has 4 rings (SSSR count). The quantitative estimate of drug-likeness (QED) is 0.585. The van der Waals surface area contributed by atoms with Crippen LogP contribution in [0.25, 0.3) is 0 Å². The van der Waals surface area contributed by atoms with Gasteiger partial charge >= 0.3 is 0 Å². The van der Waals surface area contributed by atoms with Crippen LogP contribution >= 0.6 is 0 Å². The van der Waals surface area contributed by atoms with Crippen LogP contribution in [0.2, 0.25) is 0 Å². The number of hydrogen-bond donors (Lipinski definition) is 0. The van der Waals surface area contributed by atoms with Crippen LogP contribution in [0.1, 0.15) is 15.9 Å². The van der Waals surface area contributed by atoms with Gasteiger partial charge in [0.2, 0.25) is 0 Å². The van der Waals surface area contributed by atoms with Crippen molar-refractivity contribution in [1.82, 2.24) is 14.5 Å². The second kappa shape index (κ2) is 8.96. The Labute approximate surface area is 186 Å². The van der Waals surface area contributed by atoms with Crippen molar-refractivity contribution in [2.45, 2.75) is 10.6 Å². The van der Waals surface area contributed by atoms with Gasteiger partial charge in [0.25, 0.3) is 11.5 Å². The molecular formula is C23H24N4O4S. The number of benzene rings is 2. The summed E-state index contributed by atoms with van der Waals surface area (Å²) < 4.78 is 27.2. The molecule has 1 aliphatic rings. The fourth-order valence-corrected chi connectivity index (χ4v) is 5.16. The molecule has 0 atom stereocenters. The molecule has 0 aliphatic carbocycles. The molecule has 1 amide bonds. The molecule has 166 valence electrons. The number of nitrogens with zero attached hydrogens (tertiary/aromatic N) is 4. The molecule has 0 unspecified atom stereocenters. The second-order valence-electron chi connectivity index (χ2n) is 7.68. The molecule has 0 spiro atoms.